The van der Waals surface area contributed by atoms with E-state index in [1.54, 1.807) is 13.3 Å². The number of hydroxylamine groups is 1. The van der Waals surface area contributed by atoms with Crippen LogP contribution in [0.3, 0.4) is 0 Å². The zero-order valence-electron chi connectivity index (χ0n) is 21.4. The van der Waals surface area contributed by atoms with Gasteiger partial charge in [-0.15, -0.1) is 0 Å². The van der Waals surface area contributed by atoms with E-state index in [2.05, 4.69) is 27.1 Å². The van der Waals surface area contributed by atoms with Crippen LogP contribution < -0.4 is 10.2 Å². The average molecular weight is 516 g/mol. The fourth-order valence-corrected chi connectivity index (χ4v) is 7.39. The second kappa shape index (κ2) is 13.6. The van der Waals surface area contributed by atoms with Gasteiger partial charge in [0.25, 0.3) is 0 Å². The molecule has 0 spiro atoms. The normalized spacial score (nSPS) is 22.5. The van der Waals surface area contributed by atoms with Crippen LogP contribution >= 0.6 is 11.8 Å². The number of piperidine rings is 1. The summed E-state index contributed by atoms with van der Waals surface area (Å²) < 4.78 is 5.40. The zero-order valence-corrected chi connectivity index (χ0v) is 22.2. The predicted octanol–water partition coefficient (Wildman–Crippen LogP) is 5.52. The van der Waals surface area contributed by atoms with Gasteiger partial charge in [0.2, 0.25) is 0 Å². The van der Waals surface area contributed by atoms with Crippen LogP contribution in [0.25, 0.3) is 10.9 Å². The Morgan fingerprint density at radius 1 is 1.22 bits per heavy atom. The van der Waals surface area contributed by atoms with Crippen LogP contribution in [-0.2, 0) is 4.79 Å². The predicted molar refractivity (Wildman–Crippen MR) is 145 cm³/mol. The smallest absolute Gasteiger partial charge is 0.303 e. The lowest BCUT2D eigenvalue weighted by molar-refractivity contribution is -0.139. The molecule has 7 nitrogen and oxygen atoms in total. The van der Waals surface area contributed by atoms with Crippen LogP contribution in [-0.4, -0.2) is 63.9 Å². The molecule has 8 heteroatoms. The first-order valence-corrected chi connectivity index (χ1v) is 14.5. The number of likely N-dealkylation sites (tertiary alicyclic amines) is 1. The van der Waals surface area contributed by atoms with Crippen LogP contribution in [0.15, 0.2) is 30.5 Å². The molecule has 1 aliphatic carbocycles. The highest BCUT2D eigenvalue weighted by molar-refractivity contribution is 7.99. The molecule has 198 valence electrons. The lowest BCUT2D eigenvalue weighted by Gasteiger charge is -2.39. The molecule has 2 heterocycles. The van der Waals surface area contributed by atoms with Gasteiger partial charge < -0.3 is 20.0 Å². The van der Waals surface area contributed by atoms with E-state index >= 15 is 0 Å². The van der Waals surface area contributed by atoms with Crippen LogP contribution in [0.5, 0.6) is 5.75 Å². The summed E-state index contributed by atoms with van der Waals surface area (Å²) in [5, 5.41) is 21.4. The number of nitrogens with one attached hydrogen (secondary N) is 1. The van der Waals surface area contributed by atoms with Crippen molar-refractivity contribution in [2.75, 3.05) is 32.5 Å². The Balaban J connectivity index is 1.35. The number of ether oxygens (including phenoxy) is 1. The molecule has 0 radical (unpaired) electrons. The minimum atomic E-state index is -0.715. The van der Waals surface area contributed by atoms with Crippen LogP contribution in [0.1, 0.15) is 69.4 Å². The summed E-state index contributed by atoms with van der Waals surface area (Å²) in [5.41, 5.74) is 4.35. The Labute approximate surface area is 219 Å². The number of thioether (sulfide) groups is 1. The van der Waals surface area contributed by atoms with Crippen molar-refractivity contribution in [1.29, 1.82) is 0 Å². The summed E-state index contributed by atoms with van der Waals surface area (Å²) in [5.74, 6) is 1.66. The molecule has 2 aromatic rings. The average Bonchev–Trinajstić information content (AvgIpc) is 2.90. The molecular weight excluding hydrogens is 474 g/mol. The van der Waals surface area contributed by atoms with E-state index in [4.69, 9.17) is 4.74 Å². The molecule has 36 heavy (non-hydrogen) atoms. The van der Waals surface area contributed by atoms with Gasteiger partial charge >= 0.3 is 5.97 Å². The SMILES string of the molecule is COc1ccc2nccc([C@H](CC[C@@H]3CCN(CCSC4CCCCC4)C[C@@H]3CC(=O)O)NO)c2c1. The summed E-state index contributed by atoms with van der Waals surface area (Å²) >= 11 is 2.12. The molecule has 4 rings (SSSR count). The summed E-state index contributed by atoms with van der Waals surface area (Å²) in [4.78, 5) is 18.6. The van der Waals surface area contributed by atoms with Gasteiger partial charge in [-0.1, -0.05) is 19.3 Å². The molecule has 2 aliphatic rings. The molecule has 1 aromatic carbocycles. The van der Waals surface area contributed by atoms with Crippen molar-refractivity contribution in [3.8, 4) is 5.75 Å². The molecule has 0 unspecified atom stereocenters. The summed E-state index contributed by atoms with van der Waals surface area (Å²) in [6.07, 6.45) is 11.4. The van der Waals surface area contributed by atoms with E-state index in [0.717, 1.165) is 72.1 Å². The highest BCUT2D eigenvalue weighted by atomic mass is 32.2. The first kappa shape index (κ1) is 27.2. The zero-order chi connectivity index (χ0) is 25.3. The Morgan fingerprint density at radius 2 is 2.06 bits per heavy atom. The number of fused-ring (bicyclic) bond motifs is 1. The number of carbonyl (C=O) groups is 1. The molecule has 2 fully saturated rings. The van der Waals surface area contributed by atoms with Gasteiger partial charge in [0.05, 0.1) is 18.7 Å². The van der Waals surface area contributed by atoms with E-state index in [0.29, 0.717) is 5.92 Å². The highest BCUT2D eigenvalue weighted by Gasteiger charge is 2.31. The molecule has 3 atom stereocenters. The summed E-state index contributed by atoms with van der Waals surface area (Å²) in [6, 6.07) is 7.46. The third kappa shape index (κ3) is 7.34. The Morgan fingerprint density at radius 3 is 2.81 bits per heavy atom. The van der Waals surface area contributed by atoms with E-state index in [-0.39, 0.29) is 18.4 Å². The number of hydrogen-bond donors (Lipinski definition) is 3. The first-order chi connectivity index (χ1) is 17.6. The first-order valence-electron chi connectivity index (χ1n) is 13.5. The number of carboxylic acids is 1. The van der Waals surface area contributed by atoms with Crippen molar-refractivity contribution in [3.05, 3.63) is 36.0 Å². The number of aliphatic carboxylic acids is 1. The van der Waals surface area contributed by atoms with E-state index in [1.807, 2.05) is 24.3 Å². The summed E-state index contributed by atoms with van der Waals surface area (Å²) in [6.45, 7) is 2.93. The van der Waals surface area contributed by atoms with Crippen molar-refractivity contribution in [1.82, 2.24) is 15.4 Å². The molecule has 0 amide bonds. The number of methoxy groups -OCH3 is 1. The number of nitrogens with zero attached hydrogens (tertiary/aromatic N) is 2. The molecule has 1 saturated heterocycles. The summed E-state index contributed by atoms with van der Waals surface area (Å²) in [7, 11) is 1.64. The van der Waals surface area contributed by atoms with E-state index in [1.165, 1.54) is 32.1 Å². The number of benzene rings is 1. The maximum absolute atomic E-state index is 11.7. The second-order valence-electron chi connectivity index (χ2n) is 10.4. The van der Waals surface area contributed by atoms with Gasteiger partial charge in [-0.3, -0.25) is 9.78 Å². The monoisotopic (exact) mass is 515 g/mol. The molecular formula is C28H41N3O4S. The molecule has 1 saturated carbocycles. The van der Waals surface area contributed by atoms with Crippen LogP contribution in [0, 0.1) is 11.8 Å². The van der Waals surface area contributed by atoms with Gasteiger partial charge in [-0.05, 0) is 80.3 Å². The highest BCUT2D eigenvalue weighted by Crippen LogP contribution is 2.35. The van der Waals surface area contributed by atoms with Crippen LogP contribution in [0.4, 0.5) is 0 Å². The number of rotatable bonds is 12. The Bertz CT molecular complexity index is 984. The Kier molecular flexibility index (Phi) is 10.3. The molecule has 3 N–H and O–H groups in total. The molecule has 1 aliphatic heterocycles. The van der Waals surface area contributed by atoms with Crippen LogP contribution in [0.2, 0.25) is 0 Å². The van der Waals surface area contributed by atoms with E-state index < -0.39 is 5.97 Å². The number of aromatic nitrogens is 1. The maximum Gasteiger partial charge on any atom is 0.303 e. The minimum absolute atomic E-state index is 0.143. The lowest BCUT2D eigenvalue weighted by Crippen LogP contribution is -2.42. The van der Waals surface area contributed by atoms with Gasteiger partial charge in [-0.2, -0.15) is 17.2 Å². The van der Waals surface area contributed by atoms with Crippen molar-refractivity contribution >= 4 is 28.6 Å². The number of pyridine rings is 1. The van der Waals surface area contributed by atoms with Crippen molar-refractivity contribution in [2.24, 2.45) is 11.8 Å². The number of carboxylic acid groups (broad SMARTS) is 1. The molecule has 1 aromatic heterocycles. The van der Waals surface area contributed by atoms with Crippen molar-refractivity contribution in [2.45, 2.75) is 69.1 Å². The van der Waals surface area contributed by atoms with Crippen molar-refractivity contribution in [3.63, 3.8) is 0 Å². The van der Waals surface area contributed by atoms with Gasteiger partial charge in [-0.25, -0.2) is 0 Å². The molecule has 0 bridgehead atoms. The van der Waals surface area contributed by atoms with Crippen molar-refractivity contribution < 1.29 is 19.8 Å². The number of hydrogen-bond acceptors (Lipinski definition) is 7. The fourth-order valence-electron chi connectivity index (χ4n) is 6.02. The third-order valence-electron chi connectivity index (χ3n) is 8.07. The fraction of sp³-hybridized carbons (Fsp3) is 0.643. The standard InChI is InChI=1S/C28H41N3O4S/c1-35-22-8-10-26-25(18-22)24(11-13-29-26)27(30-34)9-7-20-12-14-31(19-21(20)17-28(32)33)15-16-36-23-5-3-2-4-6-23/h8,10-11,13,18,20-21,23,27,30,34H,2-7,9,12,14-17,19H2,1H3,(H,32,33)/t20-,21+,27+/m1/s1. The topological polar surface area (TPSA) is 94.9 Å². The second-order valence-corrected chi connectivity index (χ2v) is 11.8. The third-order valence-corrected chi connectivity index (χ3v) is 9.43. The van der Waals surface area contributed by atoms with Gasteiger partial charge in [0.1, 0.15) is 5.75 Å². The van der Waals surface area contributed by atoms with Gasteiger partial charge in [0.15, 0.2) is 0 Å². The quantitative estimate of drug-likeness (QED) is 0.318. The largest absolute Gasteiger partial charge is 0.497 e. The Hall–Kier alpha value is -1.87. The van der Waals surface area contributed by atoms with E-state index in [9.17, 15) is 15.1 Å². The minimum Gasteiger partial charge on any atom is -0.497 e. The van der Waals surface area contributed by atoms with Gasteiger partial charge in [0, 0.05) is 42.1 Å². The lowest BCUT2D eigenvalue weighted by atomic mass is 9.79. The maximum atomic E-state index is 11.7.